The van der Waals surface area contributed by atoms with E-state index in [9.17, 15) is 14.4 Å². The van der Waals surface area contributed by atoms with Crippen LogP contribution < -0.4 is 5.32 Å². The summed E-state index contributed by atoms with van der Waals surface area (Å²) in [4.78, 5) is 41.2. The third kappa shape index (κ3) is 5.81. The Morgan fingerprint density at radius 1 is 1.03 bits per heavy atom. The number of carbonyl (C=O) groups is 3. The van der Waals surface area contributed by atoms with Gasteiger partial charge in [-0.15, -0.1) is 0 Å². The van der Waals surface area contributed by atoms with Crippen molar-refractivity contribution in [2.45, 2.75) is 58.3 Å². The fourth-order valence-electron chi connectivity index (χ4n) is 4.48. The average molecular weight is 416 g/mol. The molecule has 0 spiro atoms. The number of rotatable bonds is 5. The Labute approximate surface area is 178 Å². The molecule has 1 aromatic carbocycles. The first-order valence-corrected chi connectivity index (χ1v) is 10.9. The Balaban J connectivity index is 1.54. The maximum absolute atomic E-state index is 12.9. The summed E-state index contributed by atoms with van der Waals surface area (Å²) in [5.41, 5.74) is 0.918. The van der Waals surface area contributed by atoms with Crippen LogP contribution in [0.1, 0.15) is 51.6 Å². The van der Waals surface area contributed by atoms with Crippen LogP contribution in [0.25, 0.3) is 0 Å². The van der Waals surface area contributed by atoms with E-state index < -0.39 is 0 Å². The van der Waals surface area contributed by atoms with Gasteiger partial charge >= 0.3 is 0 Å². The number of carbonyl (C=O) groups excluding carboxylic acids is 3. The van der Waals surface area contributed by atoms with Crippen molar-refractivity contribution in [3.63, 3.8) is 0 Å². The Kier molecular flexibility index (Phi) is 7.48. The Hall–Kier alpha value is -2.41. The zero-order chi connectivity index (χ0) is 21.7. The third-order valence-corrected chi connectivity index (χ3v) is 5.89. The maximum atomic E-state index is 12.9. The molecule has 30 heavy (non-hydrogen) atoms. The monoisotopic (exact) mass is 415 g/mol. The number of morpholine rings is 1. The molecule has 2 heterocycles. The summed E-state index contributed by atoms with van der Waals surface area (Å²) < 4.78 is 5.73. The number of piperidine rings is 1. The lowest BCUT2D eigenvalue weighted by molar-refractivity contribution is -0.150. The van der Waals surface area contributed by atoms with Crippen molar-refractivity contribution in [2.24, 2.45) is 5.92 Å². The molecule has 3 atom stereocenters. The summed E-state index contributed by atoms with van der Waals surface area (Å²) in [5.74, 6) is 0.00312. The van der Waals surface area contributed by atoms with E-state index in [0.29, 0.717) is 39.0 Å². The molecule has 0 bridgehead atoms. The standard InChI is InChI=1S/C23H33N3O4/c1-16-14-26(15-17(2)30-16)23(29)20-9-11-25(12-10-20)22(28)13-21(24-18(3)27)19-7-5-4-6-8-19/h4-8,16-17,20-21H,9-15H2,1-3H3,(H,24,27). The van der Waals surface area contributed by atoms with Gasteiger partial charge in [0.2, 0.25) is 17.7 Å². The molecule has 2 fully saturated rings. The van der Waals surface area contributed by atoms with Gasteiger partial charge in [0.25, 0.3) is 0 Å². The van der Waals surface area contributed by atoms with Crippen LogP contribution in [-0.2, 0) is 19.1 Å². The number of nitrogens with one attached hydrogen (secondary N) is 1. The minimum absolute atomic E-state index is 0.0112. The van der Waals surface area contributed by atoms with E-state index >= 15 is 0 Å². The number of amides is 3. The highest BCUT2D eigenvalue weighted by Gasteiger charge is 2.34. The summed E-state index contributed by atoms with van der Waals surface area (Å²) in [6.45, 7) is 7.88. The Morgan fingerprint density at radius 3 is 2.20 bits per heavy atom. The van der Waals surface area contributed by atoms with E-state index in [4.69, 9.17) is 4.74 Å². The highest BCUT2D eigenvalue weighted by molar-refractivity contribution is 5.81. The first-order valence-electron chi connectivity index (χ1n) is 10.9. The van der Waals surface area contributed by atoms with Crippen molar-refractivity contribution in [2.75, 3.05) is 26.2 Å². The van der Waals surface area contributed by atoms with Gasteiger partial charge in [0.05, 0.1) is 24.7 Å². The number of hydrogen-bond donors (Lipinski definition) is 1. The predicted molar refractivity (Wildman–Crippen MR) is 114 cm³/mol. The van der Waals surface area contributed by atoms with Crippen LogP contribution in [0.5, 0.6) is 0 Å². The van der Waals surface area contributed by atoms with Crippen molar-refractivity contribution in [1.29, 1.82) is 0 Å². The van der Waals surface area contributed by atoms with Gasteiger partial charge in [-0.25, -0.2) is 0 Å². The molecular formula is C23H33N3O4. The summed E-state index contributed by atoms with van der Waals surface area (Å²) >= 11 is 0. The second-order valence-corrected chi connectivity index (χ2v) is 8.52. The quantitative estimate of drug-likeness (QED) is 0.799. The van der Waals surface area contributed by atoms with Gasteiger partial charge in [0, 0.05) is 39.0 Å². The Morgan fingerprint density at radius 2 is 1.63 bits per heavy atom. The van der Waals surface area contributed by atoms with Crippen molar-refractivity contribution in [3.05, 3.63) is 35.9 Å². The predicted octanol–water partition coefficient (Wildman–Crippen LogP) is 2.13. The van der Waals surface area contributed by atoms with Crippen molar-refractivity contribution in [1.82, 2.24) is 15.1 Å². The van der Waals surface area contributed by atoms with Crippen LogP contribution in [0.15, 0.2) is 30.3 Å². The number of benzene rings is 1. The van der Waals surface area contributed by atoms with Gasteiger partial charge < -0.3 is 19.9 Å². The van der Waals surface area contributed by atoms with Gasteiger partial charge in [-0.05, 0) is 32.3 Å². The van der Waals surface area contributed by atoms with Crippen molar-refractivity contribution < 1.29 is 19.1 Å². The summed E-state index contributed by atoms with van der Waals surface area (Å²) in [6.07, 6.45) is 1.70. The zero-order valence-electron chi connectivity index (χ0n) is 18.2. The highest BCUT2D eigenvalue weighted by atomic mass is 16.5. The topological polar surface area (TPSA) is 79.0 Å². The first kappa shape index (κ1) is 22.3. The van der Waals surface area contributed by atoms with Crippen LogP contribution >= 0.6 is 0 Å². The highest BCUT2D eigenvalue weighted by Crippen LogP contribution is 2.24. The number of likely N-dealkylation sites (tertiary alicyclic amines) is 1. The third-order valence-electron chi connectivity index (χ3n) is 5.89. The van der Waals surface area contributed by atoms with Crippen molar-refractivity contribution in [3.8, 4) is 0 Å². The molecule has 2 saturated heterocycles. The molecule has 0 radical (unpaired) electrons. The lowest BCUT2D eigenvalue weighted by atomic mass is 9.94. The number of hydrogen-bond acceptors (Lipinski definition) is 4. The van der Waals surface area contributed by atoms with E-state index in [1.54, 1.807) is 0 Å². The second kappa shape index (κ2) is 10.1. The molecule has 7 nitrogen and oxygen atoms in total. The van der Waals surface area contributed by atoms with Crippen LogP contribution in [0.3, 0.4) is 0 Å². The molecule has 3 amide bonds. The van der Waals surface area contributed by atoms with E-state index in [0.717, 1.165) is 5.56 Å². The lowest BCUT2D eigenvalue weighted by Crippen LogP contribution is -2.52. The van der Waals surface area contributed by atoms with Crippen molar-refractivity contribution >= 4 is 17.7 Å². The minimum Gasteiger partial charge on any atom is -0.372 e. The van der Waals surface area contributed by atoms with Gasteiger partial charge in [0.1, 0.15) is 0 Å². The van der Waals surface area contributed by atoms with Gasteiger partial charge in [-0.3, -0.25) is 14.4 Å². The normalized spacial score (nSPS) is 23.7. The fourth-order valence-corrected chi connectivity index (χ4v) is 4.48. The molecule has 0 aliphatic carbocycles. The van der Waals surface area contributed by atoms with E-state index in [1.165, 1.54) is 6.92 Å². The minimum atomic E-state index is -0.341. The fraction of sp³-hybridized carbons (Fsp3) is 0.609. The summed E-state index contributed by atoms with van der Waals surface area (Å²) in [7, 11) is 0. The second-order valence-electron chi connectivity index (χ2n) is 8.52. The smallest absolute Gasteiger partial charge is 0.225 e. The first-order chi connectivity index (χ1) is 14.3. The number of ether oxygens (including phenoxy) is 1. The molecule has 1 N–H and O–H groups in total. The van der Waals surface area contributed by atoms with Gasteiger partial charge in [0.15, 0.2) is 0 Å². The SMILES string of the molecule is CC(=O)NC(CC(=O)N1CCC(C(=O)N2CC(C)OC(C)C2)CC1)c1ccccc1. The molecule has 2 aliphatic rings. The average Bonchev–Trinajstić information content (AvgIpc) is 2.72. The lowest BCUT2D eigenvalue weighted by Gasteiger charge is -2.39. The molecule has 0 saturated carbocycles. The molecular weight excluding hydrogens is 382 g/mol. The summed E-state index contributed by atoms with van der Waals surface area (Å²) in [6, 6.07) is 9.21. The molecule has 7 heteroatoms. The van der Waals surface area contributed by atoms with E-state index in [1.807, 2.05) is 54.0 Å². The molecule has 164 valence electrons. The number of nitrogens with zero attached hydrogens (tertiary/aromatic N) is 2. The Bertz CT molecular complexity index is 736. The van der Waals surface area contributed by atoms with E-state index in [2.05, 4.69) is 5.32 Å². The van der Waals surface area contributed by atoms with Crippen LogP contribution in [-0.4, -0.2) is 65.9 Å². The van der Waals surface area contributed by atoms with E-state index in [-0.39, 0.29) is 48.3 Å². The zero-order valence-corrected chi connectivity index (χ0v) is 18.2. The molecule has 3 unspecified atom stereocenters. The molecule has 3 rings (SSSR count). The summed E-state index contributed by atoms with van der Waals surface area (Å²) in [5, 5.41) is 2.89. The van der Waals surface area contributed by atoms with Crippen LogP contribution in [0, 0.1) is 5.92 Å². The molecule has 1 aromatic rings. The van der Waals surface area contributed by atoms with Gasteiger partial charge in [-0.1, -0.05) is 30.3 Å². The maximum Gasteiger partial charge on any atom is 0.225 e. The van der Waals surface area contributed by atoms with Crippen LogP contribution in [0.4, 0.5) is 0 Å². The molecule has 0 aromatic heterocycles. The van der Waals surface area contributed by atoms with Gasteiger partial charge in [-0.2, -0.15) is 0 Å². The van der Waals surface area contributed by atoms with Crippen LogP contribution in [0.2, 0.25) is 0 Å². The largest absolute Gasteiger partial charge is 0.372 e. The molecule has 2 aliphatic heterocycles.